The second-order valence-electron chi connectivity index (χ2n) is 7.66. The lowest BCUT2D eigenvalue weighted by Gasteiger charge is -2.16. The fourth-order valence-corrected chi connectivity index (χ4v) is 4.74. The summed E-state index contributed by atoms with van der Waals surface area (Å²) in [6.07, 6.45) is 1.55. The molecule has 5 aromatic rings. The molecule has 2 aromatic carbocycles. The van der Waals surface area contributed by atoms with E-state index in [1.165, 1.54) is 4.90 Å². The summed E-state index contributed by atoms with van der Waals surface area (Å²) >= 11 is 1.65. The van der Waals surface area contributed by atoms with Crippen molar-refractivity contribution in [2.45, 2.75) is 20.8 Å². The molecule has 0 radical (unpaired) electrons. The number of carbonyl (C=O) groups is 1. The van der Waals surface area contributed by atoms with Crippen LogP contribution in [0.5, 0.6) is 0 Å². The van der Waals surface area contributed by atoms with Crippen LogP contribution < -0.4 is 9.63 Å². The van der Waals surface area contributed by atoms with Gasteiger partial charge in [0.05, 0.1) is 16.4 Å². The first-order chi connectivity index (χ1) is 15.3. The summed E-state index contributed by atoms with van der Waals surface area (Å²) in [5.74, 6) is -0.383. The van der Waals surface area contributed by atoms with Crippen molar-refractivity contribution in [2.24, 2.45) is 0 Å². The zero-order valence-corrected chi connectivity index (χ0v) is 18.9. The van der Waals surface area contributed by atoms with Gasteiger partial charge in [0.25, 0.3) is 5.91 Å². The number of fused-ring (bicyclic) bond motifs is 2. The minimum absolute atomic E-state index is 0.109. The van der Waals surface area contributed by atoms with Crippen LogP contribution in [0.2, 0.25) is 0 Å². The van der Waals surface area contributed by atoms with E-state index in [1.54, 1.807) is 55.8 Å². The predicted octanol–water partition coefficient (Wildman–Crippen LogP) is 4.94. The summed E-state index contributed by atoms with van der Waals surface area (Å²) in [6, 6.07) is 12.8. The number of aromatic nitrogens is 3. The number of hydrogen-bond acceptors (Lipinski definition) is 6. The van der Waals surface area contributed by atoms with Gasteiger partial charge in [-0.1, -0.05) is 12.1 Å². The second kappa shape index (κ2) is 7.42. The first kappa shape index (κ1) is 20.1. The lowest BCUT2D eigenvalue weighted by Crippen LogP contribution is -2.37. The molecule has 32 heavy (non-hydrogen) atoms. The molecule has 0 aliphatic carbocycles. The number of thiazole rings is 1. The molecule has 8 heteroatoms. The zero-order chi connectivity index (χ0) is 22.6. The molecule has 0 spiro atoms. The number of para-hydroxylation sites is 2. The Morgan fingerprint density at radius 3 is 2.66 bits per heavy atom. The Hall–Kier alpha value is -3.78. The van der Waals surface area contributed by atoms with E-state index in [9.17, 15) is 10.0 Å². The van der Waals surface area contributed by atoms with Crippen molar-refractivity contribution < 1.29 is 13.9 Å². The number of aryl methyl sites for hydroxylation is 2. The Balaban J connectivity index is 1.59. The molecule has 160 valence electrons. The number of hydrogen-bond donors (Lipinski definition) is 0. The quantitative estimate of drug-likeness (QED) is 0.291. The van der Waals surface area contributed by atoms with Crippen LogP contribution in [0.15, 0.2) is 53.1 Å². The van der Waals surface area contributed by atoms with Gasteiger partial charge in [0.15, 0.2) is 5.69 Å². The number of anilines is 1. The fraction of sp³-hybridized carbons (Fsp3) is 0.167. The van der Waals surface area contributed by atoms with Gasteiger partial charge < -0.3 is 14.5 Å². The Morgan fingerprint density at radius 1 is 1.12 bits per heavy atom. The van der Waals surface area contributed by atoms with Gasteiger partial charge in [-0.15, -0.1) is 11.3 Å². The topological polar surface area (TPSA) is 86.2 Å². The van der Waals surface area contributed by atoms with E-state index in [0.29, 0.717) is 22.3 Å². The van der Waals surface area contributed by atoms with Crippen molar-refractivity contribution in [1.29, 1.82) is 0 Å². The lowest BCUT2D eigenvalue weighted by atomic mass is 10.1. The summed E-state index contributed by atoms with van der Waals surface area (Å²) in [6.45, 7) is 5.63. The predicted molar refractivity (Wildman–Crippen MR) is 125 cm³/mol. The standard InChI is InChI=1S/C24H20N4O3S/c1-13-22(26-18-7-5-6-8-19(18)28(13)30)24(29)27(4)20-12-31-21-10-9-16(11-17(20)21)23-14(2)32-15(3)25-23/h5-12H,1-4H3. The summed E-state index contributed by atoms with van der Waals surface area (Å²) in [4.78, 5) is 25.1. The van der Waals surface area contributed by atoms with Crippen molar-refractivity contribution >= 4 is 44.9 Å². The second-order valence-corrected chi connectivity index (χ2v) is 9.07. The number of carbonyl (C=O) groups excluding carboxylic acids is 1. The molecule has 0 saturated heterocycles. The van der Waals surface area contributed by atoms with Crippen LogP contribution in [-0.4, -0.2) is 22.9 Å². The van der Waals surface area contributed by atoms with E-state index < -0.39 is 0 Å². The van der Waals surface area contributed by atoms with Gasteiger partial charge >= 0.3 is 0 Å². The van der Waals surface area contributed by atoms with E-state index in [-0.39, 0.29) is 17.3 Å². The SMILES string of the molecule is Cc1nc(-c2ccc3occ(N(C)C(=O)c4nc5ccccc5[n+]([O-])c4C)c3c2)c(C)s1. The van der Waals surface area contributed by atoms with Gasteiger partial charge in [-0.3, -0.25) is 4.79 Å². The summed E-state index contributed by atoms with van der Waals surface area (Å²) in [5.41, 5.74) is 4.41. The van der Waals surface area contributed by atoms with Crippen molar-refractivity contribution in [3.8, 4) is 11.3 Å². The van der Waals surface area contributed by atoms with Crippen LogP contribution in [0.25, 0.3) is 33.3 Å². The molecule has 0 unspecified atom stereocenters. The minimum Gasteiger partial charge on any atom is -0.618 e. The zero-order valence-electron chi connectivity index (χ0n) is 18.0. The minimum atomic E-state index is -0.383. The van der Waals surface area contributed by atoms with Gasteiger partial charge in [0.2, 0.25) is 11.2 Å². The maximum Gasteiger partial charge on any atom is 0.283 e. The molecular weight excluding hydrogens is 424 g/mol. The monoisotopic (exact) mass is 444 g/mol. The van der Waals surface area contributed by atoms with Gasteiger partial charge in [-0.2, -0.15) is 4.73 Å². The Morgan fingerprint density at radius 2 is 1.91 bits per heavy atom. The normalized spacial score (nSPS) is 11.4. The van der Waals surface area contributed by atoms with Crippen molar-refractivity contribution in [2.75, 3.05) is 11.9 Å². The van der Waals surface area contributed by atoms with Crippen LogP contribution in [-0.2, 0) is 0 Å². The highest BCUT2D eigenvalue weighted by Crippen LogP contribution is 2.35. The van der Waals surface area contributed by atoms with Gasteiger partial charge in [0.1, 0.15) is 17.4 Å². The highest BCUT2D eigenvalue weighted by molar-refractivity contribution is 7.11. The molecule has 0 aliphatic heterocycles. The summed E-state index contributed by atoms with van der Waals surface area (Å²) < 4.78 is 6.46. The molecule has 0 aliphatic rings. The average Bonchev–Trinajstić information content (AvgIpc) is 3.37. The molecule has 3 aromatic heterocycles. The molecule has 1 amide bonds. The van der Waals surface area contributed by atoms with Gasteiger partial charge in [0, 0.05) is 35.9 Å². The molecular formula is C24H20N4O3S. The molecule has 0 atom stereocenters. The Kier molecular flexibility index (Phi) is 4.67. The maximum atomic E-state index is 13.4. The molecule has 0 N–H and O–H groups in total. The molecule has 7 nitrogen and oxygen atoms in total. The highest BCUT2D eigenvalue weighted by Gasteiger charge is 2.26. The number of benzene rings is 2. The van der Waals surface area contributed by atoms with Crippen molar-refractivity contribution in [3.05, 3.63) is 75.2 Å². The molecule has 5 rings (SSSR count). The van der Waals surface area contributed by atoms with Gasteiger partial charge in [-0.05, 0) is 38.1 Å². The fourth-order valence-electron chi connectivity index (χ4n) is 3.90. The Bertz CT molecular complexity index is 1520. The number of furan rings is 1. The third-order valence-electron chi connectivity index (χ3n) is 5.58. The number of rotatable bonds is 3. The van der Waals surface area contributed by atoms with E-state index in [2.05, 4.69) is 9.97 Å². The molecule has 3 heterocycles. The van der Waals surface area contributed by atoms with Crippen LogP contribution in [0.1, 0.15) is 26.1 Å². The largest absolute Gasteiger partial charge is 0.618 e. The van der Waals surface area contributed by atoms with E-state index in [1.807, 2.05) is 32.0 Å². The third kappa shape index (κ3) is 3.11. The Labute approximate surface area is 188 Å². The van der Waals surface area contributed by atoms with E-state index in [0.717, 1.165) is 31.3 Å². The van der Waals surface area contributed by atoms with Crippen molar-refractivity contribution in [1.82, 2.24) is 9.97 Å². The van der Waals surface area contributed by atoms with Crippen LogP contribution in [0.3, 0.4) is 0 Å². The number of amides is 1. The number of nitrogens with zero attached hydrogens (tertiary/aromatic N) is 4. The molecule has 0 fully saturated rings. The van der Waals surface area contributed by atoms with E-state index >= 15 is 0 Å². The lowest BCUT2D eigenvalue weighted by molar-refractivity contribution is -0.584. The molecule has 0 saturated carbocycles. The first-order valence-electron chi connectivity index (χ1n) is 10.1. The summed E-state index contributed by atoms with van der Waals surface area (Å²) in [5, 5.41) is 14.5. The van der Waals surface area contributed by atoms with E-state index in [4.69, 9.17) is 4.42 Å². The highest BCUT2D eigenvalue weighted by atomic mass is 32.1. The van der Waals surface area contributed by atoms with Crippen molar-refractivity contribution in [3.63, 3.8) is 0 Å². The first-order valence-corrected chi connectivity index (χ1v) is 10.9. The van der Waals surface area contributed by atoms with Gasteiger partial charge in [-0.25, -0.2) is 9.97 Å². The maximum absolute atomic E-state index is 13.4. The van der Waals surface area contributed by atoms with Crippen LogP contribution >= 0.6 is 11.3 Å². The van der Waals surface area contributed by atoms with Crippen LogP contribution in [0.4, 0.5) is 5.69 Å². The molecule has 0 bridgehead atoms. The third-order valence-corrected chi connectivity index (χ3v) is 6.46. The summed E-state index contributed by atoms with van der Waals surface area (Å²) in [7, 11) is 1.66. The smallest absolute Gasteiger partial charge is 0.283 e. The van der Waals surface area contributed by atoms with Crippen LogP contribution in [0, 0.1) is 26.0 Å². The average molecular weight is 445 g/mol.